The van der Waals surface area contributed by atoms with E-state index in [2.05, 4.69) is 36.8 Å². The zero-order valence-electron chi connectivity index (χ0n) is 24.5. The van der Waals surface area contributed by atoms with Gasteiger partial charge in [-0.3, -0.25) is 10.2 Å². The maximum Gasteiger partial charge on any atom is 0.266 e. The van der Waals surface area contributed by atoms with E-state index in [1.54, 1.807) is 12.1 Å². The van der Waals surface area contributed by atoms with Gasteiger partial charge in [-0.1, -0.05) is 87.8 Å². The number of aliphatic hydroxyl groups excluding tert-OH is 1. The molecule has 0 saturated carbocycles. The summed E-state index contributed by atoms with van der Waals surface area (Å²) < 4.78 is 13.2. The highest BCUT2D eigenvalue weighted by Crippen LogP contribution is 2.44. The molecule has 45 heavy (non-hydrogen) atoms. The summed E-state index contributed by atoms with van der Waals surface area (Å²) in [5.74, 6) is 0.575. The minimum absolute atomic E-state index is 0.0496. The number of azide groups is 1. The Balaban J connectivity index is 1.56. The SMILES string of the molecule is [N-]=[N+]=NCc1ccccc1[C@@H]1OC(c2ccc(OCCCO)cc2)=N[C@]1(Cc1ccc(Br)cc1)C(=O)NNCc1ccccc1. The molecule has 1 aliphatic rings. The van der Waals surface area contributed by atoms with E-state index in [0.717, 1.165) is 21.2 Å². The molecule has 0 aromatic heterocycles. The highest BCUT2D eigenvalue weighted by molar-refractivity contribution is 9.10. The van der Waals surface area contributed by atoms with Gasteiger partial charge in [0.15, 0.2) is 11.6 Å². The van der Waals surface area contributed by atoms with Crippen LogP contribution in [0.2, 0.25) is 0 Å². The predicted octanol–water partition coefficient (Wildman–Crippen LogP) is 6.34. The van der Waals surface area contributed by atoms with Crippen LogP contribution in [0.5, 0.6) is 5.75 Å². The number of aliphatic imine (C=N–C) groups is 1. The van der Waals surface area contributed by atoms with E-state index in [9.17, 15) is 4.79 Å². The summed E-state index contributed by atoms with van der Waals surface area (Å²) in [6, 6.07) is 32.2. The van der Waals surface area contributed by atoms with E-state index in [0.29, 0.717) is 42.3 Å². The lowest BCUT2D eigenvalue weighted by Crippen LogP contribution is -2.53. The summed E-state index contributed by atoms with van der Waals surface area (Å²) in [7, 11) is 0. The Kier molecular flexibility index (Phi) is 10.8. The largest absolute Gasteiger partial charge is 0.494 e. The van der Waals surface area contributed by atoms with Gasteiger partial charge in [-0.15, -0.1) is 0 Å². The molecule has 2 atom stereocenters. The molecule has 3 N–H and O–H groups in total. The number of carbonyl (C=O) groups is 1. The number of halogens is 1. The predicted molar refractivity (Wildman–Crippen MR) is 175 cm³/mol. The van der Waals surface area contributed by atoms with Gasteiger partial charge < -0.3 is 14.6 Å². The van der Waals surface area contributed by atoms with E-state index in [4.69, 9.17) is 25.1 Å². The maximum absolute atomic E-state index is 14.4. The molecular formula is C34H33BrN6O4. The number of carbonyl (C=O) groups excluding carboxylic acids is 1. The summed E-state index contributed by atoms with van der Waals surface area (Å²) in [5, 5.41) is 12.9. The molecule has 4 aromatic carbocycles. The van der Waals surface area contributed by atoms with Crippen LogP contribution < -0.4 is 15.6 Å². The molecule has 11 heteroatoms. The van der Waals surface area contributed by atoms with Gasteiger partial charge in [0.25, 0.3) is 5.91 Å². The Bertz CT molecular complexity index is 1660. The van der Waals surface area contributed by atoms with E-state index < -0.39 is 11.6 Å². The normalized spacial score (nSPS) is 17.1. The van der Waals surface area contributed by atoms with Crippen LogP contribution in [-0.2, 0) is 29.0 Å². The second-order valence-electron chi connectivity index (χ2n) is 10.5. The van der Waals surface area contributed by atoms with Crippen molar-refractivity contribution in [1.82, 2.24) is 10.9 Å². The summed E-state index contributed by atoms with van der Waals surface area (Å²) in [6.07, 6.45) is -0.0910. The van der Waals surface area contributed by atoms with Crippen LogP contribution in [0.15, 0.2) is 118 Å². The first-order valence-corrected chi connectivity index (χ1v) is 15.3. The zero-order valence-corrected chi connectivity index (χ0v) is 26.1. The quantitative estimate of drug-likeness (QED) is 0.0473. The van der Waals surface area contributed by atoms with Gasteiger partial charge in [0.2, 0.25) is 5.90 Å². The van der Waals surface area contributed by atoms with Gasteiger partial charge in [-0.05, 0) is 64.2 Å². The van der Waals surface area contributed by atoms with E-state index in [1.165, 1.54) is 0 Å². The molecule has 0 saturated heterocycles. The molecule has 0 aliphatic carbocycles. The fourth-order valence-electron chi connectivity index (χ4n) is 5.15. The Morgan fingerprint density at radius 1 is 1.00 bits per heavy atom. The van der Waals surface area contributed by atoms with Crippen LogP contribution in [0.3, 0.4) is 0 Å². The van der Waals surface area contributed by atoms with Gasteiger partial charge in [0.1, 0.15) is 5.75 Å². The standard InChI is InChI=1S/C34H33BrN6O4/c35-28-15-11-24(12-16-28)21-34(33(43)40-37-22-25-7-2-1-3-8-25)31(30-10-5-4-9-27(30)23-38-41-36)45-32(39-34)26-13-17-29(18-14-26)44-20-6-19-42/h1-5,7-18,31,37,42H,6,19-23H2,(H,40,43)/t31-,34-/m0/s1. The van der Waals surface area contributed by atoms with Crippen molar-refractivity contribution in [2.24, 2.45) is 10.1 Å². The number of amides is 1. The lowest BCUT2D eigenvalue weighted by Gasteiger charge is -2.32. The van der Waals surface area contributed by atoms with Crippen LogP contribution in [-0.4, -0.2) is 35.7 Å². The summed E-state index contributed by atoms with van der Waals surface area (Å²) in [4.78, 5) is 22.4. The van der Waals surface area contributed by atoms with Gasteiger partial charge in [0, 0.05) is 40.9 Å². The number of hydrazine groups is 1. The van der Waals surface area contributed by atoms with Gasteiger partial charge in [-0.2, -0.15) is 0 Å². The molecule has 1 aliphatic heterocycles. The summed E-state index contributed by atoms with van der Waals surface area (Å²) in [5.41, 5.74) is 17.6. The number of hydrogen-bond donors (Lipinski definition) is 3. The molecule has 5 rings (SSSR count). The average Bonchev–Trinajstić information content (AvgIpc) is 3.46. The monoisotopic (exact) mass is 668 g/mol. The van der Waals surface area contributed by atoms with Gasteiger partial charge >= 0.3 is 0 Å². The van der Waals surface area contributed by atoms with E-state index in [-0.39, 0.29) is 25.5 Å². The van der Waals surface area contributed by atoms with Gasteiger partial charge in [-0.25, -0.2) is 10.4 Å². The second kappa shape index (κ2) is 15.4. The third kappa shape index (κ3) is 7.89. The van der Waals surface area contributed by atoms with Gasteiger partial charge in [0.05, 0.1) is 13.2 Å². The Morgan fingerprint density at radius 3 is 2.47 bits per heavy atom. The first kappa shape index (κ1) is 31.7. The highest BCUT2D eigenvalue weighted by Gasteiger charge is 2.53. The van der Waals surface area contributed by atoms with E-state index >= 15 is 0 Å². The van der Waals surface area contributed by atoms with Crippen LogP contribution >= 0.6 is 15.9 Å². The maximum atomic E-state index is 14.4. The fraction of sp³-hybridized carbons (Fsp3) is 0.235. The molecular weight excluding hydrogens is 636 g/mol. The second-order valence-corrected chi connectivity index (χ2v) is 11.4. The molecule has 4 aromatic rings. The number of nitrogens with zero attached hydrogens (tertiary/aromatic N) is 4. The molecule has 10 nitrogen and oxygen atoms in total. The van der Waals surface area contributed by atoms with Crippen LogP contribution in [0, 0.1) is 0 Å². The van der Waals surface area contributed by atoms with Crippen molar-refractivity contribution in [2.45, 2.75) is 37.6 Å². The number of aliphatic hydroxyl groups is 1. The third-order valence-corrected chi connectivity index (χ3v) is 7.92. The van der Waals surface area contributed by atoms with Crippen molar-refractivity contribution in [3.8, 4) is 5.75 Å². The van der Waals surface area contributed by atoms with Crippen molar-refractivity contribution in [1.29, 1.82) is 0 Å². The number of hydrogen-bond acceptors (Lipinski definition) is 7. The Morgan fingerprint density at radius 2 is 1.73 bits per heavy atom. The molecule has 0 radical (unpaired) electrons. The fourth-order valence-corrected chi connectivity index (χ4v) is 5.41. The molecule has 0 bridgehead atoms. The van der Waals surface area contributed by atoms with Crippen molar-refractivity contribution >= 4 is 27.7 Å². The first-order valence-electron chi connectivity index (χ1n) is 14.5. The lowest BCUT2D eigenvalue weighted by molar-refractivity contribution is -0.130. The number of benzene rings is 4. The topological polar surface area (TPSA) is 141 Å². The molecule has 230 valence electrons. The smallest absolute Gasteiger partial charge is 0.266 e. The Hall–Kier alpha value is -4.67. The summed E-state index contributed by atoms with van der Waals surface area (Å²) in [6.45, 7) is 0.940. The highest BCUT2D eigenvalue weighted by atomic mass is 79.9. The molecule has 0 unspecified atom stereocenters. The zero-order chi connectivity index (χ0) is 31.5. The van der Waals surface area contributed by atoms with Crippen molar-refractivity contribution < 1.29 is 19.4 Å². The van der Waals surface area contributed by atoms with Crippen LogP contribution in [0.1, 0.15) is 40.3 Å². The molecule has 1 heterocycles. The lowest BCUT2D eigenvalue weighted by atomic mass is 9.81. The van der Waals surface area contributed by atoms with Crippen LogP contribution in [0.25, 0.3) is 10.4 Å². The minimum atomic E-state index is -1.43. The molecule has 0 fully saturated rings. The average molecular weight is 670 g/mol. The first-order chi connectivity index (χ1) is 22.0. The minimum Gasteiger partial charge on any atom is -0.494 e. The Labute approximate surface area is 269 Å². The molecule has 0 spiro atoms. The third-order valence-electron chi connectivity index (χ3n) is 7.40. The van der Waals surface area contributed by atoms with Crippen LogP contribution in [0.4, 0.5) is 0 Å². The van der Waals surface area contributed by atoms with Crippen molar-refractivity contribution in [3.63, 3.8) is 0 Å². The number of ether oxygens (including phenoxy) is 2. The summed E-state index contributed by atoms with van der Waals surface area (Å²) >= 11 is 3.50. The number of rotatable bonds is 14. The van der Waals surface area contributed by atoms with Crippen molar-refractivity contribution in [3.05, 3.63) is 146 Å². The molecule has 1 amide bonds. The van der Waals surface area contributed by atoms with Crippen molar-refractivity contribution in [2.75, 3.05) is 13.2 Å². The van der Waals surface area contributed by atoms with E-state index in [1.807, 2.05) is 91.0 Å². The number of nitrogens with one attached hydrogen (secondary N) is 2.